The second-order valence-corrected chi connectivity index (χ2v) is 9.01. The van der Waals surface area contributed by atoms with Crippen LogP contribution in [0.5, 0.6) is 0 Å². The van der Waals surface area contributed by atoms with Crippen molar-refractivity contribution in [3.63, 3.8) is 0 Å². The lowest BCUT2D eigenvalue weighted by molar-refractivity contribution is -0.137. The number of hydrogen-bond acceptors (Lipinski definition) is 4. The molecule has 1 fully saturated rings. The molecule has 33 heavy (non-hydrogen) atoms. The molecule has 0 aliphatic heterocycles. The molecule has 0 spiro atoms. The Labute approximate surface area is 193 Å². The minimum atomic E-state index is -0.942. The van der Waals surface area contributed by atoms with Gasteiger partial charge in [-0.3, -0.25) is 9.59 Å². The number of alkyl carbamates (subject to hydrolysis) is 1. The van der Waals surface area contributed by atoms with Gasteiger partial charge in [0.25, 0.3) is 0 Å². The average molecular weight is 451 g/mol. The predicted molar refractivity (Wildman–Crippen MR) is 124 cm³/mol. The van der Waals surface area contributed by atoms with Gasteiger partial charge in [0.2, 0.25) is 5.91 Å². The Hall–Kier alpha value is -3.35. The first-order chi connectivity index (χ1) is 15.9. The van der Waals surface area contributed by atoms with Crippen molar-refractivity contribution in [2.45, 2.75) is 44.6 Å². The van der Waals surface area contributed by atoms with Crippen molar-refractivity contribution in [2.24, 2.45) is 11.8 Å². The highest BCUT2D eigenvalue weighted by Crippen LogP contribution is 2.44. The molecular weight excluding hydrogens is 420 g/mol. The Morgan fingerprint density at radius 3 is 2.30 bits per heavy atom. The van der Waals surface area contributed by atoms with E-state index in [4.69, 9.17) is 9.84 Å². The lowest BCUT2D eigenvalue weighted by atomic mass is 9.94. The van der Waals surface area contributed by atoms with Crippen molar-refractivity contribution >= 4 is 18.0 Å². The van der Waals surface area contributed by atoms with Crippen molar-refractivity contribution in [3.8, 4) is 11.1 Å². The Balaban J connectivity index is 1.29. The van der Waals surface area contributed by atoms with Crippen LogP contribution in [0.3, 0.4) is 0 Å². The number of carbonyl (C=O) groups excluding carboxylic acids is 2. The number of hydrogen-bond donors (Lipinski definition) is 3. The van der Waals surface area contributed by atoms with Gasteiger partial charge in [0, 0.05) is 24.4 Å². The quantitative estimate of drug-likeness (QED) is 0.565. The van der Waals surface area contributed by atoms with Crippen molar-refractivity contribution < 1.29 is 24.2 Å². The number of amides is 2. The molecule has 3 N–H and O–H groups in total. The monoisotopic (exact) mass is 450 g/mol. The fourth-order valence-corrected chi connectivity index (χ4v) is 5.15. The molecule has 3 atom stereocenters. The second kappa shape index (κ2) is 10.1. The summed E-state index contributed by atoms with van der Waals surface area (Å²) >= 11 is 0. The van der Waals surface area contributed by atoms with Gasteiger partial charge in [0.15, 0.2) is 0 Å². The number of carboxylic acids is 1. The number of fused-ring (bicyclic) bond motifs is 3. The third-order valence-electron chi connectivity index (χ3n) is 6.72. The molecule has 0 radical (unpaired) electrons. The van der Waals surface area contributed by atoms with Crippen LogP contribution in [0.2, 0.25) is 0 Å². The van der Waals surface area contributed by atoms with Gasteiger partial charge in [0.05, 0.1) is 6.42 Å². The van der Waals surface area contributed by atoms with Gasteiger partial charge in [-0.05, 0) is 47.9 Å². The summed E-state index contributed by atoms with van der Waals surface area (Å²) in [5.41, 5.74) is 4.68. The maximum Gasteiger partial charge on any atom is 0.407 e. The van der Waals surface area contributed by atoms with Crippen molar-refractivity contribution in [1.29, 1.82) is 0 Å². The normalized spacial score (nSPS) is 19.9. The zero-order valence-electron chi connectivity index (χ0n) is 18.8. The van der Waals surface area contributed by atoms with Crippen LogP contribution in [0, 0.1) is 11.8 Å². The third-order valence-corrected chi connectivity index (χ3v) is 6.72. The van der Waals surface area contributed by atoms with Crippen molar-refractivity contribution in [3.05, 3.63) is 59.7 Å². The highest BCUT2D eigenvalue weighted by Gasteiger charge is 2.34. The summed E-state index contributed by atoms with van der Waals surface area (Å²) in [6.07, 6.45) is 1.89. The van der Waals surface area contributed by atoms with E-state index in [1.165, 1.54) is 11.1 Å². The fraction of sp³-hybridized carbons (Fsp3) is 0.423. The maximum atomic E-state index is 12.6. The highest BCUT2D eigenvalue weighted by molar-refractivity contribution is 5.81. The maximum absolute atomic E-state index is 12.6. The molecule has 2 unspecified atom stereocenters. The Morgan fingerprint density at radius 2 is 1.67 bits per heavy atom. The van der Waals surface area contributed by atoms with Crippen LogP contribution in [-0.2, 0) is 14.3 Å². The molecule has 0 aromatic heterocycles. The van der Waals surface area contributed by atoms with E-state index in [-0.39, 0.29) is 36.7 Å². The lowest BCUT2D eigenvalue weighted by Gasteiger charge is -2.22. The molecule has 174 valence electrons. The summed E-state index contributed by atoms with van der Waals surface area (Å²) in [5, 5.41) is 14.5. The number of nitrogens with one attached hydrogen (secondary N) is 2. The zero-order valence-corrected chi connectivity index (χ0v) is 18.8. The first-order valence-electron chi connectivity index (χ1n) is 11.5. The Morgan fingerprint density at radius 1 is 1.03 bits per heavy atom. The average Bonchev–Trinajstić information content (AvgIpc) is 3.38. The zero-order chi connectivity index (χ0) is 23.4. The standard InChI is InChI=1S/C26H30N2O5/c1-16(13-24(29)30)28-25(31)18-12-6-7-17(18)14-27-26(32)33-15-23-21-10-4-2-8-19(21)20-9-3-5-11-22(20)23/h2-5,8-11,16-18,23H,6-7,12-15H2,1H3,(H,27,32)(H,28,31)(H,29,30)/t16-,17?,18?/m1/s1. The number of carboxylic acid groups (broad SMARTS) is 1. The molecule has 2 aromatic rings. The van der Waals surface area contributed by atoms with Crippen molar-refractivity contribution in [1.82, 2.24) is 10.6 Å². The molecule has 2 amide bonds. The fourth-order valence-electron chi connectivity index (χ4n) is 5.15. The summed E-state index contributed by atoms with van der Waals surface area (Å²) in [5.74, 6) is -1.29. The van der Waals surface area contributed by atoms with E-state index < -0.39 is 18.1 Å². The number of benzene rings is 2. The number of carbonyl (C=O) groups is 3. The minimum Gasteiger partial charge on any atom is -0.481 e. The molecular formula is C26H30N2O5. The van der Waals surface area contributed by atoms with Crippen LogP contribution < -0.4 is 10.6 Å². The summed E-state index contributed by atoms with van der Waals surface area (Å²) in [6.45, 7) is 2.30. The summed E-state index contributed by atoms with van der Waals surface area (Å²) in [4.78, 5) is 35.9. The van der Waals surface area contributed by atoms with Crippen LogP contribution in [0.25, 0.3) is 11.1 Å². The third kappa shape index (κ3) is 5.18. The number of rotatable bonds is 8. The van der Waals surface area contributed by atoms with Crippen LogP contribution in [0.4, 0.5) is 4.79 Å². The molecule has 0 heterocycles. The lowest BCUT2D eigenvalue weighted by Crippen LogP contribution is -2.42. The largest absolute Gasteiger partial charge is 0.481 e. The number of aliphatic carboxylic acids is 1. The van der Waals surface area contributed by atoms with Gasteiger partial charge in [-0.15, -0.1) is 0 Å². The van der Waals surface area contributed by atoms with E-state index >= 15 is 0 Å². The molecule has 2 aliphatic rings. The van der Waals surface area contributed by atoms with Gasteiger partial charge in [-0.2, -0.15) is 0 Å². The second-order valence-electron chi connectivity index (χ2n) is 9.01. The van der Waals surface area contributed by atoms with Gasteiger partial charge in [0.1, 0.15) is 6.61 Å². The topological polar surface area (TPSA) is 105 Å². The molecule has 7 nitrogen and oxygen atoms in total. The summed E-state index contributed by atoms with van der Waals surface area (Å²) in [6, 6.07) is 16.0. The molecule has 0 saturated heterocycles. The summed E-state index contributed by atoms with van der Waals surface area (Å²) in [7, 11) is 0. The predicted octanol–water partition coefficient (Wildman–Crippen LogP) is 3.92. The molecule has 0 bridgehead atoms. The van der Waals surface area contributed by atoms with E-state index in [9.17, 15) is 14.4 Å². The summed E-state index contributed by atoms with van der Waals surface area (Å²) < 4.78 is 5.59. The van der Waals surface area contributed by atoms with E-state index in [2.05, 4.69) is 34.9 Å². The smallest absolute Gasteiger partial charge is 0.407 e. The van der Waals surface area contributed by atoms with E-state index in [0.29, 0.717) is 6.54 Å². The van der Waals surface area contributed by atoms with Gasteiger partial charge in [-0.25, -0.2) is 4.79 Å². The van der Waals surface area contributed by atoms with E-state index in [1.54, 1.807) is 6.92 Å². The Kier molecular flexibility index (Phi) is 6.96. The van der Waals surface area contributed by atoms with Gasteiger partial charge >= 0.3 is 12.1 Å². The first-order valence-corrected chi connectivity index (χ1v) is 11.5. The number of ether oxygens (including phenoxy) is 1. The van der Waals surface area contributed by atoms with E-state index in [0.717, 1.165) is 30.4 Å². The van der Waals surface area contributed by atoms with E-state index in [1.807, 2.05) is 24.3 Å². The first kappa shape index (κ1) is 22.8. The van der Waals surface area contributed by atoms with Crippen LogP contribution in [0.1, 0.15) is 49.7 Å². The molecule has 4 rings (SSSR count). The molecule has 2 aromatic carbocycles. The molecule has 7 heteroatoms. The SMILES string of the molecule is C[C@H](CC(=O)O)NC(=O)C1CCCC1CNC(=O)OCC1c2ccccc2-c2ccccc21. The van der Waals surface area contributed by atoms with Crippen LogP contribution in [-0.4, -0.2) is 42.3 Å². The van der Waals surface area contributed by atoms with Gasteiger partial charge < -0.3 is 20.5 Å². The van der Waals surface area contributed by atoms with Crippen LogP contribution in [0.15, 0.2) is 48.5 Å². The van der Waals surface area contributed by atoms with Crippen LogP contribution >= 0.6 is 0 Å². The van der Waals surface area contributed by atoms with Crippen molar-refractivity contribution in [2.75, 3.05) is 13.2 Å². The molecule has 1 saturated carbocycles. The highest BCUT2D eigenvalue weighted by atomic mass is 16.5. The Bertz CT molecular complexity index is 991. The van der Waals surface area contributed by atoms with Gasteiger partial charge in [-0.1, -0.05) is 55.0 Å². The minimum absolute atomic E-state index is 0.00359. The molecule has 2 aliphatic carbocycles.